The Morgan fingerprint density at radius 3 is 2.39 bits per heavy atom. The van der Waals surface area contributed by atoms with Crippen molar-refractivity contribution in [3.8, 4) is 0 Å². The number of nitrogens with one attached hydrogen (secondary N) is 2. The van der Waals surface area contributed by atoms with Crippen LogP contribution in [0.1, 0.15) is 22.0 Å². The number of rotatable bonds is 5. The van der Waals surface area contributed by atoms with Crippen molar-refractivity contribution < 1.29 is 14.3 Å². The van der Waals surface area contributed by atoms with Crippen LogP contribution in [0.25, 0.3) is 0 Å². The average molecular weight is 333 g/mol. The van der Waals surface area contributed by atoms with E-state index in [9.17, 15) is 9.59 Å². The first-order valence-corrected chi connectivity index (χ1v) is 7.35. The molecule has 0 saturated carbocycles. The number of halogens is 1. The average Bonchev–Trinajstić information content (AvgIpc) is 2.57. The number of methoxy groups -OCH3 is 1. The van der Waals surface area contributed by atoms with Gasteiger partial charge in [0.25, 0.3) is 11.8 Å². The van der Waals surface area contributed by atoms with E-state index < -0.39 is 6.10 Å². The van der Waals surface area contributed by atoms with Crippen molar-refractivity contribution in [3.63, 3.8) is 0 Å². The predicted molar refractivity (Wildman–Crippen MR) is 89.7 cm³/mol. The minimum atomic E-state index is -0.745. The van der Waals surface area contributed by atoms with Gasteiger partial charge in [-0.2, -0.15) is 0 Å². The Morgan fingerprint density at radius 2 is 1.83 bits per heavy atom. The van der Waals surface area contributed by atoms with Gasteiger partial charge in [0.2, 0.25) is 0 Å². The van der Waals surface area contributed by atoms with E-state index in [1.54, 1.807) is 12.1 Å². The Kier molecular flexibility index (Phi) is 5.73. The lowest BCUT2D eigenvalue weighted by atomic mass is 10.1. The lowest BCUT2D eigenvalue weighted by molar-refractivity contribution is -0.126. The maximum atomic E-state index is 12.4. The van der Waals surface area contributed by atoms with Gasteiger partial charge in [-0.05, 0) is 23.8 Å². The lowest BCUT2D eigenvalue weighted by Gasteiger charge is -2.16. The largest absolute Gasteiger partial charge is 0.367 e. The van der Waals surface area contributed by atoms with Crippen LogP contribution in [0.5, 0.6) is 0 Å². The van der Waals surface area contributed by atoms with Gasteiger partial charge in [0.1, 0.15) is 0 Å². The van der Waals surface area contributed by atoms with Crippen LogP contribution in [0.3, 0.4) is 0 Å². The smallest absolute Gasteiger partial charge is 0.258 e. The molecule has 0 aliphatic rings. The summed E-state index contributed by atoms with van der Waals surface area (Å²) in [6.45, 7) is 0. The van der Waals surface area contributed by atoms with Gasteiger partial charge in [-0.1, -0.05) is 41.9 Å². The summed E-state index contributed by atoms with van der Waals surface area (Å²) in [5.41, 5.74) is 1.58. The first-order valence-electron chi connectivity index (χ1n) is 6.97. The molecule has 2 aromatic carbocycles. The maximum Gasteiger partial charge on any atom is 0.258 e. The number of carbonyl (C=O) groups excluding carboxylic acids is 2. The third kappa shape index (κ3) is 4.09. The molecular weight excluding hydrogens is 316 g/mol. The van der Waals surface area contributed by atoms with Crippen LogP contribution in [0.4, 0.5) is 5.69 Å². The second-order valence-corrected chi connectivity index (χ2v) is 5.20. The zero-order chi connectivity index (χ0) is 16.8. The van der Waals surface area contributed by atoms with Crippen LogP contribution in [-0.2, 0) is 9.53 Å². The van der Waals surface area contributed by atoms with Crippen LogP contribution in [0.15, 0.2) is 48.5 Å². The molecule has 6 heteroatoms. The number of carbonyl (C=O) groups is 2. The van der Waals surface area contributed by atoms with Crippen molar-refractivity contribution in [2.24, 2.45) is 0 Å². The zero-order valence-corrected chi connectivity index (χ0v) is 13.6. The van der Waals surface area contributed by atoms with Crippen molar-refractivity contribution in [2.45, 2.75) is 6.10 Å². The predicted octanol–water partition coefficient (Wildman–Crippen LogP) is 3.03. The zero-order valence-electron chi connectivity index (χ0n) is 12.8. The fourth-order valence-electron chi connectivity index (χ4n) is 2.12. The molecule has 2 rings (SSSR count). The molecule has 0 radical (unpaired) electrons. The van der Waals surface area contributed by atoms with Crippen LogP contribution in [-0.4, -0.2) is 26.0 Å². The molecule has 0 saturated heterocycles. The van der Waals surface area contributed by atoms with Gasteiger partial charge in [-0.25, -0.2) is 0 Å². The lowest BCUT2D eigenvalue weighted by Crippen LogP contribution is -2.23. The highest BCUT2D eigenvalue weighted by atomic mass is 35.5. The van der Waals surface area contributed by atoms with Crippen LogP contribution >= 0.6 is 11.6 Å². The van der Waals surface area contributed by atoms with Gasteiger partial charge in [-0.15, -0.1) is 0 Å². The fourth-order valence-corrected chi connectivity index (χ4v) is 2.35. The molecule has 120 valence electrons. The van der Waals surface area contributed by atoms with Crippen LogP contribution < -0.4 is 10.6 Å². The molecule has 1 atom stereocenters. The van der Waals surface area contributed by atoms with Crippen molar-refractivity contribution in [1.82, 2.24) is 5.32 Å². The second kappa shape index (κ2) is 7.76. The van der Waals surface area contributed by atoms with Crippen molar-refractivity contribution in [1.29, 1.82) is 0 Å². The van der Waals surface area contributed by atoms with Gasteiger partial charge in [-0.3, -0.25) is 9.59 Å². The van der Waals surface area contributed by atoms with E-state index in [2.05, 4.69) is 10.6 Å². The molecule has 5 nitrogen and oxygen atoms in total. The van der Waals surface area contributed by atoms with Crippen molar-refractivity contribution in [2.75, 3.05) is 19.5 Å². The van der Waals surface area contributed by atoms with Gasteiger partial charge in [0.15, 0.2) is 6.10 Å². The molecule has 0 bridgehead atoms. The molecule has 1 unspecified atom stereocenters. The third-order valence-corrected chi connectivity index (χ3v) is 3.61. The molecule has 0 aromatic heterocycles. The number of benzene rings is 2. The Hall–Kier alpha value is -2.37. The highest BCUT2D eigenvalue weighted by Gasteiger charge is 2.21. The fraction of sp³-hybridized carbons (Fsp3) is 0.176. The van der Waals surface area contributed by atoms with Crippen LogP contribution in [0, 0.1) is 0 Å². The monoisotopic (exact) mass is 332 g/mol. The number of hydrogen-bond donors (Lipinski definition) is 2. The summed E-state index contributed by atoms with van der Waals surface area (Å²) in [5.74, 6) is -0.586. The SMILES string of the molecule is CNC(=O)c1ccc(NC(=O)C(OC)c2ccccc2)c(Cl)c1. The third-order valence-electron chi connectivity index (χ3n) is 3.29. The van der Waals surface area contributed by atoms with E-state index >= 15 is 0 Å². The molecule has 2 aromatic rings. The highest BCUT2D eigenvalue weighted by molar-refractivity contribution is 6.34. The van der Waals surface area contributed by atoms with E-state index in [1.807, 2.05) is 30.3 Å². The first-order chi connectivity index (χ1) is 11.1. The van der Waals surface area contributed by atoms with E-state index in [4.69, 9.17) is 16.3 Å². The van der Waals surface area contributed by atoms with E-state index in [0.717, 1.165) is 5.56 Å². The summed E-state index contributed by atoms with van der Waals surface area (Å²) in [7, 11) is 3.00. The summed E-state index contributed by atoms with van der Waals surface area (Å²) in [4.78, 5) is 24.0. The standard InChI is InChI=1S/C17H17ClN2O3/c1-19-16(21)12-8-9-14(13(18)10-12)20-17(22)15(23-2)11-6-4-3-5-7-11/h3-10,15H,1-2H3,(H,19,21)(H,20,22). The number of ether oxygens (including phenoxy) is 1. The van der Waals surface area contributed by atoms with Gasteiger partial charge < -0.3 is 15.4 Å². The highest BCUT2D eigenvalue weighted by Crippen LogP contribution is 2.25. The maximum absolute atomic E-state index is 12.4. The first kappa shape index (κ1) is 17.0. The van der Waals surface area contributed by atoms with E-state index in [-0.39, 0.29) is 16.8 Å². The molecule has 23 heavy (non-hydrogen) atoms. The number of hydrogen-bond acceptors (Lipinski definition) is 3. The summed E-state index contributed by atoms with van der Waals surface area (Å²) >= 11 is 6.13. The normalized spacial score (nSPS) is 11.6. The summed E-state index contributed by atoms with van der Waals surface area (Å²) in [5, 5.41) is 5.51. The molecule has 2 N–H and O–H groups in total. The van der Waals surface area contributed by atoms with E-state index in [1.165, 1.54) is 20.2 Å². The van der Waals surface area contributed by atoms with Crippen LogP contribution in [0.2, 0.25) is 5.02 Å². The van der Waals surface area contributed by atoms with Crippen molar-refractivity contribution >= 4 is 29.1 Å². The minimum Gasteiger partial charge on any atom is -0.367 e. The quantitative estimate of drug-likeness (QED) is 0.884. The second-order valence-electron chi connectivity index (χ2n) is 4.79. The van der Waals surface area contributed by atoms with Gasteiger partial charge in [0.05, 0.1) is 10.7 Å². The molecule has 0 fully saturated rings. The molecule has 0 spiro atoms. The molecule has 0 aliphatic heterocycles. The molecule has 2 amide bonds. The Bertz CT molecular complexity index is 704. The molecule has 0 heterocycles. The van der Waals surface area contributed by atoms with Crippen molar-refractivity contribution in [3.05, 3.63) is 64.7 Å². The Labute approximate surface area is 139 Å². The van der Waals surface area contributed by atoms with E-state index in [0.29, 0.717) is 11.3 Å². The summed E-state index contributed by atoms with van der Waals surface area (Å²) < 4.78 is 5.27. The summed E-state index contributed by atoms with van der Waals surface area (Å²) in [6, 6.07) is 13.8. The number of amides is 2. The number of anilines is 1. The Morgan fingerprint density at radius 1 is 1.13 bits per heavy atom. The molecular formula is C17H17ClN2O3. The molecule has 0 aliphatic carbocycles. The van der Waals surface area contributed by atoms with Gasteiger partial charge in [0, 0.05) is 19.7 Å². The minimum absolute atomic E-state index is 0.246. The van der Waals surface area contributed by atoms with Gasteiger partial charge >= 0.3 is 0 Å². The summed E-state index contributed by atoms with van der Waals surface area (Å²) in [6.07, 6.45) is -0.745. The Balaban J connectivity index is 2.18. The topological polar surface area (TPSA) is 67.4 Å².